The van der Waals surface area contributed by atoms with Crippen molar-refractivity contribution in [3.8, 4) is 11.8 Å². The largest absolute Gasteiger partial charge is 0.466 e. The molecule has 34 heavy (non-hydrogen) atoms. The van der Waals surface area contributed by atoms with E-state index in [1.54, 1.807) is 20.8 Å². The van der Waals surface area contributed by atoms with Gasteiger partial charge in [-0.3, -0.25) is 9.59 Å². The van der Waals surface area contributed by atoms with Crippen LogP contribution in [0.25, 0.3) is 0 Å². The first-order valence-electron chi connectivity index (χ1n) is 12.1. The summed E-state index contributed by atoms with van der Waals surface area (Å²) in [6.07, 6.45) is 0.133. The van der Waals surface area contributed by atoms with Gasteiger partial charge in [-0.1, -0.05) is 46.3 Å². The van der Waals surface area contributed by atoms with Crippen molar-refractivity contribution in [3.05, 3.63) is 0 Å². The van der Waals surface area contributed by atoms with Gasteiger partial charge in [-0.2, -0.15) is 0 Å². The van der Waals surface area contributed by atoms with E-state index < -0.39 is 45.9 Å². The normalized spacial score (nSPS) is 13.4. The molecule has 0 aromatic heterocycles. The van der Waals surface area contributed by atoms with Crippen molar-refractivity contribution in [2.24, 2.45) is 0 Å². The van der Waals surface area contributed by atoms with E-state index in [-0.39, 0.29) is 11.5 Å². The number of unbranched alkanes of at least 4 members (excludes halogenated alkanes) is 1. The molecule has 0 aliphatic carbocycles. The summed E-state index contributed by atoms with van der Waals surface area (Å²) in [6, 6.07) is -0.293. The zero-order chi connectivity index (χ0) is 26.8. The molecule has 0 spiro atoms. The van der Waals surface area contributed by atoms with Crippen LogP contribution in [-0.4, -0.2) is 59.1 Å². The van der Waals surface area contributed by atoms with E-state index in [1.807, 2.05) is 0 Å². The number of carbonyl (C=O) groups excluding carboxylic acids is 3. The fourth-order valence-electron chi connectivity index (χ4n) is 2.30. The number of alkyl carbamates (subject to hydrolysis) is 1. The van der Waals surface area contributed by atoms with Crippen molar-refractivity contribution in [2.75, 3.05) is 13.2 Å². The number of hydrogen-bond acceptors (Lipinski definition) is 6. The lowest BCUT2D eigenvalue weighted by atomic mass is 10.1. The lowest BCUT2D eigenvalue weighted by Crippen LogP contribution is -2.44. The lowest BCUT2D eigenvalue weighted by molar-refractivity contribution is -0.144. The van der Waals surface area contributed by atoms with Gasteiger partial charge in [0.1, 0.15) is 11.6 Å². The summed E-state index contributed by atoms with van der Waals surface area (Å²) in [5.41, 5.74) is -0.731. The molecule has 0 fully saturated rings. The Morgan fingerprint density at radius 1 is 0.941 bits per heavy atom. The van der Waals surface area contributed by atoms with Crippen molar-refractivity contribution < 1.29 is 28.3 Å². The Labute approximate surface area is 209 Å². The summed E-state index contributed by atoms with van der Waals surface area (Å²) in [7, 11) is -3.16. The van der Waals surface area contributed by atoms with Crippen LogP contribution in [0.4, 0.5) is 4.79 Å². The van der Waals surface area contributed by atoms with Crippen LogP contribution in [0.5, 0.6) is 0 Å². The molecule has 0 aliphatic heterocycles. The minimum absolute atomic E-state index is 0.138. The molecule has 0 bridgehead atoms. The molecule has 0 aromatic carbocycles. The highest BCUT2D eigenvalue weighted by atomic mass is 28.4. The molecule has 0 radical (unpaired) electrons. The van der Waals surface area contributed by atoms with Gasteiger partial charge in [-0.05, 0) is 57.3 Å². The Hall–Kier alpha value is -1.64. The lowest BCUT2D eigenvalue weighted by Gasteiger charge is -2.36. The van der Waals surface area contributed by atoms with Crippen molar-refractivity contribution >= 4 is 34.2 Å². The maximum Gasteiger partial charge on any atom is 0.408 e. The van der Waals surface area contributed by atoms with Gasteiger partial charge in [0.25, 0.3) is 0 Å². The maximum atomic E-state index is 12.7. The van der Waals surface area contributed by atoms with E-state index in [0.717, 1.165) is 6.04 Å². The van der Waals surface area contributed by atoms with Crippen LogP contribution in [0, 0.1) is 11.8 Å². The Morgan fingerprint density at radius 2 is 1.53 bits per heavy atom. The van der Waals surface area contributed by atoms with E-state index in [9.17, 15) is 14.4 Å². The van der Waals surface area contributed by atoms with Crippen LogP contribution in [0.3, 0.4) is 0 Å². The zero-order valence-corrected chi connectivity index (χ0v) is 25.3. The van der Waals surface area contributed by atoms with Crippen LogP contribution in [0.1, 0.15) is 60.8 Å². The van der Waals surface area contributed by atoms with Crippen LogP contribution in [-0.2, 0) is 23.5 Å². The Balaban J connectivity index is 4.97. The van der Waals surface area contributed by atoms with Crippen LogP contribution >= 0.6 is 0 Å². The number of ketones is 1. The molecule has 7 nitrogen and oxygen atoms in total. The van der Waals surface area contributed by atoms with Crippen molar-refractivity contribution in [1.29, 1.82) is 0 Å². The highest BCUT2D eigenvalue weighted by Crippen LogP contribution is 2.36. The molecule has 1 amide bonds. The summed E-state index contributed by atoms with van der Waals surface area (Å²) in [6.45, 7) is 23.6. The van der Waals surface area contributed by atoms with Crippen molar-refractivity contribution in [3.63, 3.8) is 0 Å². The molecule has 1 unspecified atom stereocenters. The molecule has 1 N–H and O–H groups in total. The third kappa shape index (κ3) is 15.3. The van der Waals surface area contributed by atoms with Gasteiger partial charge < -0.3 is 19.2 Å². The second-order valence-electron chi connectivity index (χ2n) is 12.3. The monoisotopic (exact) mass is 513 g/mol. The molecule has 0 saturated carbocycles. The first-order valence-corrected chi connectivity index (χ1v) is 18.7. The maximum absolute atomic E-state index is 12.7. The fraction of sp³-hybridized carbons (Fsp3) is 0.800. The molecular weight excluding hydrogens is 466 g/mol. The highest BCUT2D eigenvalue weighted by molar-refractivity contribution is 6.76. The summed E-state index contributed by atoms with van der Waals surface area (Å²) in [4.78, 5) is 37.2. The molecule has 0 saturated heterocycles. The smallest absolute Gasteiger partial charge is 0.408 e. The van der Waals surface area contributed by atoms with Gasteiger partial charge in [0, 0.05) is 21.1 Å². The predicted molar refractivity (Wildman–Crippen MR) is 142 cm³/mol. The molecule has 0 heterocycles. The number of nitrogens with one attached hydrogen (secondary N) is 1. The van der Waals surface area contributed by atoms with E-state index in [1.165, 1.54) is 0 Å². The number of hydrogen-bond donors (Lipinski definition) is 1. The number of Topliss-reactive ketones (excluding diaryl/α,β-unsaturated/α-hetero) is 1. The number of ether oxygens (including phenoxy) is 2. The Bertz CT molecular complexity index is 749. The second kappa shape index (κ2) is 13.5. The molecule has 1 atom stereocenters. The number of amides is 1. The summed E-state index contributed by atoms with van der Waals surface area (Å²) in [5.74, 6) is 4.32. The quantitative estimate of drug-likeness (QED) is 0.128. The molecule has 196 valence electrons. The van der Waals surface area contributed by atoms with Gasteiger partial charge in [-0.15, -0.1) is 0 Å². The van der Waals surface area contributed by atoms with E-state index in [0.29, 0.717) is 26.1 Å². The van der Waals surface area contributed by atoms with E-state index >= 15 is 0 Å². The molecule has 0 rings (SSSR count). The molecule has 9 heteroatoms. The highest BCUT2D eigenvalue weighted by Gasteiger charge is 2.36. The Kier molecular flexibility index (Phi) is 12.8. The van der Waals surface area contributed by atoms with E-state index in [4.69, 9.17) is 13.9 Å². The van der Waals surface area contributed by atoms with Gasteiger partial charge in [0.05, 0.1) is 13.0 Å². The first kappa shape index (κ1) is 32.4. The predicted octanol–water partition coefficient (Wildman–Crippen LogP) is 5.53. The summed E-state index contributed by atoms with van der Waals surface area (Å²) >= 11 is 0. The van der Waals surface area contributed by atoms with Gasteiger partial charge in [0.15, 0.2) is 8.32 Å². The van der Waals surface area contributed by atoms with Crippen LogP contribution in [0.15, 0.2) is 0 Å². The van der Waals surface area contributed by atoms with Gasteiger partial charge in [0.2, 0.25) is 5.78 Å². The Morgan fingerprint density at radius 3 is 2.03 bits per heavy atom. The van der Waals surface area contributed by atoms with Crippen LogP contribution < -0.4 is 5.32 Å². The van der Waals surface area contributed by atoms with Crippen LogP contribution in [0.2, 0.25) is 43.8 Å². The molecular formula is C25H47NO6Si2. The topological polar surface area (TPSA) is 90.9 Å². The number of carbonyl (C=O) groups is 3. The molecule has 0 aliphatic rings. The van der Waals surface area contributed by atoms with Crippen molar-refractivity contribution in [2.45, 2.75) is 116 Å². The molecule has 0 aromatic rings. The standard InChI is InChI=1S/C25H47NO6Si2/c1-24(2,3)32-23(29)26-20(19-22(28)30-17-18-33(7,8)9)21(27)15-13-12-14-16-31-34(10,11)25(4,5)6/h20H,12,14,16-19H2,1-11H3,(H,26,29). The van der Waals surface area contributed by atoms with E-state index in [2.05, 4.69) is 70.7 Å². The number of rotatable bonds is 11. The second-order valence-corrected chi connectivity index (χ2v) is 22.7. The SMILES string of the molecule is CC(C)(C)OC(=O)NC(CC(=O)OCC[Si](C)(C)C)C(=O)C#CCCCO[Si](C)(C)C(C)(C)C. The van der Waals surface area contributed by atoms with Crippen molar-refractivity contribution in [1.82, 2.24) is 5.32 Å². The average Bonchev–Trinajstić information content (AvgIpc) is 2.60. The fourth-order valence-corrected chi connectivity index (χ4v) is 4.10. The zero-order valence-electron chi connectivity index (χ0n) is 23.3. The minimum Gasteiger partial charge on any atom is -0.466 e. The van der Waals surface area contributed by atoms with Gasteiger partial charge >= 0.3 is 12.1 Å². The third-order valence-corrected chi connectivity index (χ3v) is 11.7. The first-order chi connectivity index (χ1) is 15.2. The average molecular weight is 514 g/mol. The number of esters is 1. The summed E-state index contributed by atoms with van der Waals surface area (Å²) in [5, 5.41) is 2.61. The van der Waals surface area contributed by atoms with Gasteiger partial charge in [-0.25, -0.2) is 4.79 Å². The third-order valence-electron chi connectivity index (χ3n) is 5.42. The summed E-state index contributed by atoms with van der Waals surface area (Å²) < 4.78 is 16.6. The minimum atomic E-state index is -1.81.